The van der Waals surface area contributed by atoms with E-state index in [2.05, 4.69) is 15.4 Å². The van der Waals surface area contributed by atoms with Crippen molar-refractivity contribution in [3.05, 3.63) is 47.4 Å². The van der Waals surface area contributed by atoms with Crippen molar-refractivity contribution in [3.63, 3.8) is 0 Å². The van der Waals surface area contributed by atoms with Gasteiger partial charge in [-0.3, -0.25) is 4.79 Å². The van der Waals surface area contributed by atoms with Gasteiger partial charge in [0, 0.05) is 18.8 Å². The van der Waals surface area contributed by atoms with Gasteiger partial charge >= 0.3 is 12.2 Å². The Balaban J connectivity index is 1.93. The fourth-order valence-electron chi connectivity index (χ4n) is 2.29. The van der Waals surface area contributed by atoms with E-state index in [0.29, 0.717) is 0 Å². The molecule has 0 unspecified atom stereocenters. The maximum absolute atomic E-state index is 12.3. The molecule has 1 aromatic heterocycles. The summed E-state index contributed by atoms with van der Waals surface area (Å²) < 4.78 is 45.8. The van der Waals surface area contributed by atoms with Crippen LogP contribution in [-0.2, 0) is 4.74 Å². The minimum Gasteiger partial charge on any atom is -0.459 e. The van der Waals surface area contributed by atoms with E-state index in [4.69, 9.17) is 21.1 Å². The Morgan fingerprint density at radius 1 is 1.20 bits per heavy atom. The number of nitrogens with one attached hydrogen (secondary N) is 2. The summed E-state index contributed by atoms with van der Waals surface area (Å²) in [5, 5.41) is 14.3. The molecule has 0 aliphatic rings. The monoisotopic (exact) mass is 449 g/mol. The zero-order valence-corrected chi connectivity index (χ0v) is 16.3. The number of carbonyl (C=O) groups excluding carboxylic acids is 2. The molecule has 30 heavy (non-hydrogen) atoms. The zero-order valence-electron chi connectivity index (χ0n) is 15.5. The maximum atomic E-state index is 12.3. The molecule has 0 saturated carbocycles. The second-order valence-corrected chi connectivity index (χ2v) is 6.34. The molecule has 3 amide bonds. The fraction of sp³-hybridized carbons (Fsp3) is 0.333. The Morgan fingerprint density at radius 3 is 2.57 bits per heavy atom. The first-order chi connectivity index (χ1) is 14.2. The van der Waals surface area contributed by atoms with E-state index in [1.165, 1.54) is 30.5 Å². The van der Waals surface area contributed by atoms with Crippen LogP contribution in [0.4, 0.5) is 29.3 Å². The van der Waals surface area contributed by atoms with E-state index in [9.17, 15) is 22.8 Å². The molecule has 0 spiro atoms. The Morgan fingerprint density at radius 2 is 1.97 bits per heavy atom. The van der Waals surface area contributed by atoms with Crippen LogP contribution in [0.2, 0.25) is 5.02 Å². The van der Waals surface area contributed by atoms with Gasteiger partial charge in [-0.2, -0.15) is 13.2 Å². The van der Waals surface area contributed by atoms with Crippen molar-refractivity contribution in [2.24, 2.45) is 0 Å². The third-order valence-electron chi connectivity index (χ3n) is 3.64. The van der Waals surface area contributed by atoms with Crippen LogP contribution in [0.25, 0.3) is 0 Å². The number of hydrogen-bond donors (Lipinski definition) is 3. The molecule has 0 fully saturated rings. The lowest BCUT2D eigenvalue weighted by Crippen LogP contribution is -2.39. The number of aliphatic hydroxyl groups is 1. The molecule has 0 aliphatic carbocycles. The third kappa shape index (κ3) is 7.58. The van der Waals surface area contributed by atoms with E-state index in [1.807, 2.05) is 0 Å². The normalized spacial score (nSPS) is 11.2. The highest BCUT2D eigenvalue weighted by atomic mass is 35.5. The highest BCUT2D eigenvalue weighted by molar-refractivity contribution is 6.34. The molecule has 2 rings (SSSR count). The Labute approximate surface area is 174 Å². The van der Waals surface area contributed by atoms with Gasteiger partial charge < -0.3 is 29.8 Å². The average molecular weight is 450 g/mol. The number of hydrogen-bond acceptors (Lipinski definition) is 5. The SMILES string of the molecule is O=C(Nc1ccc(NC(=O)N(CCO)CCOCC(F)(F)F)cc1Cl)c1ccco1. The van der Waals surface area contributed by atoms with Crippen LogP contribution >= 0.6 is 11.6 Å². The van der Waals surface area contributed by atoms with Crippen molar-refractivity contribution in [3.8, 4) is 0 Å². The van der Waals surface area contributed by atoms with E-state index in [1.54, 1.807) is 6.07 Å². The zero-order chi connectivity index (χ0) is 22.1. The summed E-state index contributed by atoms with van der Waals surface area (Å²) in [4.78, 5) is 25.4. The first-order valence-electron chi connectivity index (χ1n) is 8.65. The number of urea groups is 1. The number of aliphatic hydroxyl groups excluding tert-OH is 1. The van der Waals surface area contributed by atoms with E-state index < -0.39 is 24.7 Å². The maximum Gasteiger partial charge on any atom is 0.411 e. The van der Waals surface area contributed by atoms with Gasteiger partial charge in [0.05, 0.1) is 30.2 Å². The number of furan rings is 1. The van der Waals surface area contributed by atoms with Crippen LogP contribution in [-0.4, -0.2) is 61.0 Å². The largest absolute Gasteiger partial charge is 0.459 e. The summed E-state index contributed by atoms with van der Waals surface area (Å²) >= 11 is 6.13. The number of alkyl halides is 3. The Hall–Kier alpha value is -2.76. The summed E-state index contributed by atoms with van der Waals surface area (Å²) in [7, 11) is 0. The summed E-state index contributed by atoms with van der Waals surface area (Å²) in [6, 6.07) is 6.69. The van der Waals surface area contributed by atoms with Crippen LogP contribution in [0.1, 0.15) is 10.6 Å². The van der Waals surface area contributed by atoms with Crippen LogP contribution in [0, 0.1) is 0 Å². The third-order valence-corrected chi connectivity index (χ3v) is 3.95. The van der Waals surface area contributed by atoms with Gasteiger partial charge in [0.15, 0.2) is 5.76 Å². The highest BCUT2D eigenvalue weighted by Crippen LogP contribution is 2.26. The molecule has 8 nitrogen and oxygen atoms in total. The first-order valence-corrected chi connectivity index (χ1v) is 9.03. The standard InChI is InChI=1S/C18H19ClF3N3O5/c19-13-10-12(3-4-14(13)24-16(27)15-2-1-8-30-15)23-17(28)25(5-7-26)6-9-29-11-18(20,21)22/h1-4,8,10,26H,5-7,9,11H2,(H,23,28)(H,24,27). The predicted octanol–water partition coefficient (Wildman–Crippen LogP) is 3.59. The van der Waals surface area contributed by atoms with Crippen LogP contribution in [0.3, 0.4) is 0 Å². The summed E-state index contributed by atoms with van der Waals surface area (Å²) in [6.07, 6.45) is -3.11. The van der Waals surface area contributed by atoms with Gasteiger partial charge in [-0.1, -0.05) is 11.6 Å². The molecule has 0 atom stereocenters. The van der Waals surface area contributed by atoms with Crippen LogP contribution < -0.4 is 10.6 Å². The van der Waals surface area contributed by atoms with Crippen molar-refractivity contribution < 1.29 is 37.0 Å². The summed E-state index contributed by atoms with van der Waals surface area (Å²) in [6.45, 7) is -2.43. The topological polar surface area (TPSA) is 104 Å². The highest BCUT2D eigenvalue weighted by Gasteiger charge is 2.27. The second kappa shape index (κ2) is 10.9. The molecule has 1 aromatic carbocycles. The number of carbonyl (C=O) groups is 2. The number of benzene rings is 1. The van der Waals surface area contributed by atoms with Gasteiger partial charge in [0.25, 0.3) is 5.91 Å². The molecule has 1 heterocycles. The summed E-state index contributed by atoms with van der Waals surface area (Å²) in [5.74, 6) is -0.414. The molecule has 12 heteroatoms. The quantitative estimate of drug-likeness (QED) is 0.507. The van der Waals surface area contributed by atoms with Gasteiger partial charge in [0.1, 0.15) is 6.61 Å². The molecule has 0 bridgehead atoms. The lowest BCUT2D eigenvalue weighted by molar-refractivity contribution is -0.174. The molecule has 2 aromatic rings. The molecule has 0 aliphatic heterocycles. The first kappa shape index (κ1) is 23.5. The van der Waals surface area contributed by atoms with Crippen molar-refractivity contribution in [2.45, 2.75) is 6.18 Å². The van der Waals surface area contributed by atoms with E-state index >= 15 is 0 Å². The number of halogens is 4. The molecule has 0 saturated heterocycles. The molecular formula is C18H19ClF3N3O5. The number of anilines is 2. The number of amides is 3. The smallest absolute Gasteiger partial charge is 0.411 e. The molecular weight excluding hydrogens is 431 g/mol. The van der Waals surface area contributed by atoms with Crippen molar-refractivity contribution in [1.82, 2.24) is 4.90 Å². The van der Waals surface area contributed by atoms with Crippen molar-refractivity contribution in [2.75, 3.05) is 43.5 Å². The van der Waals surface area contributed by atoms with Gasteiger partial charge in [0.2, 0.25) is 0 Å². The van der Waals surface area contributed by atoms with Gasteiger partial charge in [-0.05, 0) is 30.3 Å². The lowest BCUT2D eigenvalue weighted by Gasteiger charge is -2.22. The van der Waals surface area contributed by atoms with E-state index in [-0.39, 0.29) is 48.5 Å². The van der Waals surface area contributed by atoms with Crippen molar-refractivity contribution >= 4 is 34.9 Å². The fourth-order valence-corrected chi connectivity index (χ4v) is 2.51. The minimum absolute atomic E-state index is 0.0934. The van der Waals surface area contributed by atoms with Crippen LogP contribution in [0.5, 0.6) is 0 Å². The number of ether oxygens (including phenoxy) is 1. The Kier molecular flexibility index (Phi) is 8.51. The average Bonchev–Trinajstić information content (AvgIpc) is 3.20. The van der Waals surface area contributed by atoms with Gasteiger partial charge in [-0.15, -0.1) is 0 Å². The molecule has 0 radical (unpaired) electrons. The lowest BCUT2D eigenvalue weighted by atomic mass is 10.2. The molecule has 3 N–H and O–H groups in total. The number of rotatable bonds is 9. The van der Waals surface area contributed by atoms with Crippen LogP contribution in [0.15, 0.2) is 41.0 Å². The minimum atomic E-state index is -4.46. The van der Waals surface area contributed by atoms with Crippen molar-refractivity contribution in [1.29, 1.82) is 0 Å². The predicted molar refractivity (Wildman–Crippen MR) is 103 cm³/mol. The second-order valence-electron chi connectivity index (χ2n) is 5.93. The van der Waals surface area contributed by atoms with E-state index in [0.717, 1.165) is 4.90 Å². The number of nitrogens with zero attached hydrogens (tertiary/aromatic N) is 1. The van der Waals surface area contributed by atoms with Gasteiger partial charge in [-0.25, -0.2) is 4.79 Å². The Bertz CT molecular complexity index is 846. The molecule has 164 valence electrons. The summed E-state index contributed by atoms with van der Waals surface area (Å²) in [5.41, 5.74) is 0.559.